The van der Waals surface area contributed by atoms with Gasteiger partial charge < -0.3 is 15.2 Å². The topological polar surface area (TPSA) is 92.7 Å². The summed E-state index contributed by atoms with van der Waals surface area (Å²) in [6.45, 7) is 3.49. The van der Waals surface area contributed by atoms with Gasteiger partial charge in [0.25, 0.3) is 0 Å². The van der Waals surface area contributed by atoms with Crippen molar-refractivity contribution in [3.05, 3.63) is 77.7 Å². The van der Waals surface area contributed by atoms with Gasteiger partial charge in [0.15, 0.2) is 0 Å². The Morgan fingerprint density at radius 1 is 0.935 bits per heavy atom. The third-order valence-corrected chi connectivity index (χ3v) is 5.15. The third-order valence-electron chi connectivity index (χ3n) is 4.25. The Hall–Kier alpha value is -3.71. The zero-order chi connectivity index (χ0) is 22.4. The number of aliphatic carboxylic acids is 1. The maximum atomic E-state index is 12.8. The highest BCUT2D eigenvalue weighted by Gasteiger charge is 2.23. The van der Waals surface area contributed by atoms with Crippen LogP contribution in [0, 0.1) is 0 Å². The van der Waals surface area contributed by atoms with Gasteiger partial charge in [-0.3, -0.25) is 4.79 Å². The summed E-state index contributed by atoms with van der Waals surface area (Å²) < 4.78 is 5.37. The Balaban J connectivity index is 1.96. The quantitative estimate of drug-likeness (QED) is 0.392. The maximum Gasteiger partial charge on any atom is 0.342 e. The molecule has 0 unspecified atom stereocenters. The van der Waals surface area contributed by atoms with Crippen LogP contribution in [0.2, 0.25) is 0 Å². The van der Waals surface area contributed by atoms with E-state index in [1.165, 1.54) is 11.3 Å². The number of nitrogens with one attached hydrogen (secondary N) is 1. The first kappa shape index (κ1) is 22.0. The molecule has 3 rings (SSSR count). The smallest absolute Gasteiger partial charge is 0.342 e. The van der Waals surface area contributed by atoms with Gasteiger partial charge >= 0.3 is 11.9 Å². The maximum absolute atomic E-state index is 12.8. The normalized spacial score (nSPS) is 10.9. The molecule has 0 aliphatic rings. The number of hydrogen-bond donors (Lipinski definition) is 2. The first-order chi connectivity index (χ1) is 14.8. The van der Waals surface area contributed by atoms with Crippen LogP contribution < -0.4 is 5.32 Å². The van der Waals surface area contributed by atoms with Gasteiger partial charge in [0.05, 0.1) is 6.10 Å². The monoisotopic (exact) mass is 435 g/mol. The van der Waals surface area contributed by atoms with E-state index < -0.39 is 17.8 Å². The second-order valence-corrected chi connectivity index (χ2v) is 7.79. The molecule has 3 aromatic rings. The van der Waals surface area contributed by atoms with Crippen LogP contribution in [-0.2, 0) is 14.3 Å². The molecule has 6 nitrogen and oxygen atoms in total. The van der Waals surface area contributed by atoms with E-state index in [1.54, 1.807) is 19.2 Å². The number of carbonyl (C=O) groups excluding carboxylic acids is 2. The molecular weight excluding hydrogens is 414 g/mol. The molecule has 158 valence electrons. The van der Waals surface area contributed by atoms with Crippen molar-refractivity contribution in [1.82, 2.24) is 0 Å². The van der Waals surface area contributed by atoms with Crippen molar-refractivity contribution >= 4 is 34.2 Å². The van der Waals surface area contributed by atoms with Gasteiger partial charge in [-0.1, -0.05) is 54.6 Å². The number of amides is 1. The van der Waals surface area contributed by atoms with Crippen LogP contribution in [0.25, 0.3) is 22.3 Å². The molecule has 0 aliphatic heterocycles. The van der Waals surface area contributed by atoms with E-state index >= 15 is 0 Å². The molecule has 0 atom stereocenters. The summed E-state index contributed by atoms with van der Waals surface area (Å²) in [6, 6.07) is 17.7. The molecule has 7 heteroatoms. The number of carboxylic acids is 1. The molecular formula is C24H21NO5S. The first-order valence-corrected chi connectivity index (χ1v) is 10.4. The van der Waals surface area contributed by atoms with Crippen LogP contribution in [0.5, 0.6) is 0 Å². The van der Waals surface area contributed by atoms with Crippen molar-refractivity contribution in [3.63, 3.8) is 0 Å². The van der Waals surface area contributed by atoms with Gasteiger partial charge in [-0.05, 0) is 30.5 Å². The van der Waals surface area contributed by atoms with Gasteiger partial charge in [0.2, 0.25) is 5.91 Å². The van der Waals surface area contributed by atoms with Crippen LogP contribution in [0.4, 0.5) is 5.00 Å². The summed E-state index contributed by atoms with van der Waals surface area (Å²) in [5.74, 6) is -2.44. The fraction of sp³-hybridized carbons (Fsp3) is 0.125. The molecule has 0 bridgehead atoms. The van der Waals surface area contributed by atoms with Crippen LogP contribution in [0.3, 0.4) is 0 Å². The van der Waals surface area contributed by atoms with Crippen molar-refractivity contribution in [2.75, 3.05) is 5.32 Å². The third kappa shape index (κ3) is 5.67. The van der Waals surface area contributed by atoms with Gasteiger partial charge in [0.1, 0.15) is 10.6 Å². The van der Waals surface area contributed by atoms with Gasteiger partial charge in [-0.25, -0.2) is 9.59 Å². The van der Waals surface area contributed by atoms with E-state index in [0.717, 1.165) is 28.8 Å². The molecule has 1 aromatic heterocycles. The molecule has 1 amide bonds. The number of ether oxygens (including phenoxy) is 1. The molecule has 0 spiro atoms. The minimum atomic E-state index is -1.24. The summed E-state index contributed by atoms with van der Waals surface area (Å²) in [5.41, 5.74) is 3.79. The summed E-state index contributed by atoms with van der Waals surface area (Å²) in [7, 11) is 0. The van der Waals surface area contributed by atoms with Crippen molar-refractivity contribution in [2.45, 2.75) is 20.0 Å². The van der Waals surface area contributed by atoms with Gasteiger partial charge in [0, 0.05) is 23.1 Å². The van der Waals surface area contributed by atoms with Crippen LogP contribution in [-0.4, -0.2) is 29.1 Å². The van der Waals surface area contributed by atoms with Gasteiger partial charge in [-0.15, -0.1) is 11.3 Å². The minimum Gasteiger partial charge on any atom is -0.478 e. The lowest BCUT2D eigenvalue weighted by Gasteiger charge is -2.11. The summed E-state index contributed by atoms with van der Waals surface area (Å²) in [6.07, 6.45) is 1.29. The number of rotatable bonds is 7. The average Bonchev–Trinajstić information content (AvgIpc) is 3.16. The van der Waals surface area contributed by atoms with E-state index in [1.807, 2.05) is 54.6 Å². The zero-order valence-corrected chi connectivity index (χ0v) is 17.8. The minimum absolute atomic E-state index is 0.239. The Bertz CT molecular complexity index is 1110. The summed E-state index contributed by atoms with van der Waals surface area (Å²) in [5, 5.41) is 13.3. The molecule has 31 heavy (non-hydrogen) atoms. The lowest BCUT2D eigenvalue weighted by atomic mass is 9.99. The number of anilines is 1. The van der Waals surface area contributed by atoms with Crippen LogP contribution >= 0.6 is 11.3 Å². The number of esters is 1. The van der Waals surface area contributed by atoms with E-state index in [2.05, 4.69) is 5.32 Å². The SMILES string of the molecule is CC(C)OC(=O)c1c(-c2ccc(-c3ccccc3)cc2)csc1NC(=O)/C=C\C(=O)O. The first-order valence-electron chi connectivity index (χ1n) is 9.55. The molecule has 2 N–H and O–H groups in total. The zero-order valence-electron chi connectivity index (χ0n) is 17.0. The number of carboxylic acid groups (broad SMARTS) is 1. The summed E-state index contributed by atoms with van der Waals surface area (Å²) >= 11 is 1.18. The van der Waals surface area contributed by atoms with Crippen molar-refractivity contribution in [1.29, 1.82) is 0 Å². The predicted octanol–water partition coefficient (Wildman–Crippen LogP) is 5.23. The lowest BCUT2D eigenvalue weighted by Crippen LogP contribution is -2.15. The predicted molar refractivity (Wildman–Crippen MR) is 121 cm³/mol. The van der Waals surface area contributed by atoms with Crippen LogP contribution in [0.15, 0.2) is 72.1 Å². The van der Waals surface area contributed by atoms with E-state index in [4.69, 9.17) is 9.84 Å². The van der Waals surface area contributed by atoms with E-state index in [0.29, 0.717) is 10.6 Å². The highest BCUT2D eigenvalue weighted by Crippen LogP contribution is 2.37. The van der Waals surface area contributed by atoms with Crippen molar-refractivity contribution < 1.29 is 24.2 Å². The molecule has 0 saturated carbocycles. The Kier molecular flexibility index (Phi) is 6.99. The van der Waals surface area contributed by atoms with E-state index in [9.17, 15) is 14.4 Å². The molecule has 0 radical (unpaired) electrons. The molecule has 0 aliphatic carbocycles. The second kappa shape index (κ2) is 9.86. The standard InChI is InChI=1S/C24H21NO5S/c1-15(2)30-24(29)22-19(14-31-23(22)25-20(26)12-13-21(27)28)18-10-8-17(9-11-18)16-6-4-3-5-7-16/h3-15H,1-2H3,(H,25,26)(H,27,28)/b13-12-. The van der Waals surface area contributed by atoms with Gasteiger partial charge in [-0.2, -0.15) is 0 Å². The molecule has 1 heterocycles. The van der Waals surface area contributed by atoms with E-state index in [-0.39, 0.29) is 11.7 Å². The largest absolute Gasteiger partial charge is 0.478 e. The highest BCUT2D eigenvalue weighted by atomic mass is 32.1. The Morgan fingerprint density at radius 2 is 1.55 bits per heavy atom. The Morgan fingerprint density at radius 3 is 2.16 bits per heavy atom. The Labute approximate surface area is 183 Å². The molecule has 2 aromatic carbocycles. The number of hydrogen-bond acceptors (Lipinski definition) is 5. The second-order valence-electron chi connectivity index (χ2n) is 6.91. The number of carbonyl (C=O) groups is 3. The van der Waals surface area contributed by atoms with Crippen LogP contribution in [0.1, 0.15) is 24.2 Å². The number of benzene rings is 2. The average molecular weight is 436 g/mol. The number of thiophene rings is 1. The highest BCUT2D eigenvalue weighted by molar-refractivity contribution is 7.15. The van der Waals surface area contributed by atoms with Crippen molar-refractivity contribution in [3.8, 4) is 22.3 Å². The van der Waals surface area contributed by atoms with Crippen molar-refractivity contribution in [2.24, 2.45) is 0 Å². The molecule has 0 fully saturated rings. The lowest BCUT2D eigenvalue weighted by molar-refractivity contribution is -0.131. The summed E-state index contributed by atoms with van der Waals surface area (Å²) in [4.78, 5) is 35.5. The molecule has 0 saturated heterocycles. The fourth-order valence-electron chi connectivity index (χ4n) is 2.91. The fourth-order valence-corrected chi connectivity index (χ4v) is 3.87.